The van der Waals surface area contributed by atoms with Crippen LogP contribution in [0.3, 0.4) is 0 Å². The number of amides is 1. The third-order valence-electron chi connectivity index (χ3n) is 3.96. The Kier molecular flexibility index (Phi) is 4.71. The molecule has 2 aromatic heterocycles. The molecular formula is C19H19N3O4. The number of aryl methyl sites for hydroxylation is 2. The molecule has 0 aliphatic rings. The molecule has 0 saturated carbocycles. The van der Waals surface area contributed by atoms with Crippen LogP contribution in [-0.2, 0) is 9.53 Å². The van der Waals surface area contributed by atoms with E-state index in [1.54, 1.807) is 58.3 Å². The maximum absolute atomic E-state index is 12.9. The van der Waals surface area contributed by atoms with Crippen LogP contribution in [0.2, 0.25) is 0 Å². The summed E-state index contributed by atoms with van der Waals surface area (Å²) in [4.78, 5) is 31.1. The third-order valence-corrected chi connectivity index (χ3v) is 3.96. The van der Waals surface area contributed by atoms with Crippen LogP contribution in [-0.4, -0.2) is 41.0 Å². The third kappa shape index (κ3) is 3.28. The molecule has 7 heteroatoms. The number of ether oxygens (including phenoxy) is 1. The fourth-order valence-corrected chi connectivity index (χ4v) is 2.67. The molecule has 0 aliphatic carbocycles. The molecule has 26 heavy (non-hydrogen) atoms. The molecule has 1 amide bonds. The number of hydrogen-bond acceptors (Lipinski definition) is 6. The van der Waals surface area contributed by atoms with Crippen LogP contribution >= 0.6 is 0 Å². The van der Waals surface area contributed by atoms with E-state index in [0.29, 0.717) is 22.3 Å². The minimum Gasteiger partial charge on any atom is -0.444 e. The fraction of sp³-hybridized carbons (Fsp3) is 0.263. The Morgan fingerprint density at radius 1 is 1.15 bits per heavy atom. The molecule has 0 unspecified atom stereocenters. The lowest BCUT2D eigenvalue weighted by Gasteiger charge is -2.21. The summed E-state index contributed by atoms with van der Waals surface area (Å²) in [6.45, 7) is 3.47. The smallest absolute Gasteiger partial charge is 0.340 e. The number of pyridine rings is 1. The van der Waals surface area contributed by atoms with Gasteiger partial charge in [0.25, 0.3) is 11.6 Å². The van der Waals surface area contributed by atoms with Crippen molar-refractivity contribution in [2.75, 3.05) is 14.1 Å². The molecule has 1 atom stereocenters. The zero-order chi connectivity index (χ0) is 18.8. The summed E-state index contributed by atoms with van der Waals surface area (Å²) >= 11 is 0. The minimum absolute atomic E-state index is 0.268. The van der Waals surface area contributed by atoms with Gasteiger partial charge >= 0.3 is 5.97 Å². The van der Waals surface area contributed by atoms with Crippen LogP contribution in [0.15, 0.2) is 40.9 Å². The summed E-state index contributed by atoms with van der Waals surface area (Å²) in [6.07, 6.45) is -1.04. The highest BCUT2D eigenvalue weighted by Crippen LogP contribution is 2.26. The number of aromatic nitrogens is 2. The summed E-state index contributed by atoms with van der Waals surface area (Å²) in [5, 5.41) is 4.35. The molecule has 3 rings (SSSR count). The maximum Gasteiger partial charge on any atom is 0.340 e. The van der Waals surface area contributed by atoms with Crippen LogP contribution in [0.25, 0.3) is 11.1 Å². The molecule has 7 nitrogen and oxygen atoms in total. The average molecular weight is 353 g/mol. The van der Waals surface area contributed by atoms with Crippen molar-refractivity contribution in [3.8, 4) is 0 Å². The molecule has 134 valence electrons. The molecule has 0 radical (unpaired) electrons. The SMILES string of the molecule is Cc1cc(C(=O)O[C@H](C(=O)N(C)C)c2ccccc2)c2c(C)noc2n1. The Bertz CT molecular complexity index is 964. The summed E-state index contributed by atoms with van der Waals surface area (Å²) < 4.78 is 10.8. The molecule has 0 bridgehead atoms. The molecule has 0 aliphatic heterocycles. The zero-order valence-electron chi connectivity index (χ0n) is 15.0. The van der Waals surface area contributed by atoms with Gasteiger partial charge in [-0.3, -0.25) is 4.79 Å². The van der Waals surface area contributed by atoms with Crippen LogP contribution in [0.4, 0.5) is 0 Å². The number of carbonyl (C=O) groups excluding carboxylic acids is 2. The highest BCUT2D eigenvalue weighted by atomic mass is 16.5. The molecule has 0 spiro atoms. The number of esters is 1. The van der Waals surface area contributed by atoms with Gasteiger partial charge in [0.2, 0.25) is 6.10 Å². The molecule has 3 aromatic rings. The monoisotopic (exact) mass is 353 g/mol. The van der Waals surface area contributed by atoms with Gasteiger partial charge in [0.05, 0.1) is 16.6 Å². The molecule has 1 aromatic carbocycles. The normalized spacial score (nSPS) is 12.0. The quantitative estimate of drug-likeness (QED) is 0.671. The lowest BCUT2D eigenvalue weighted by atomic mass is 10.1. The van der Waals surface area contributed by atoms with Gasteiger partial charge < -0.3 is 14.2 Å². The second-order valence-corrected chi connectivity index (χ2v) is 6.19. The van der Waals surface area contributed by atoms with E-state index >= 15 is 0 Å². The fourth-order valence-electron chi connectivity index (χ4n) is 2.67. The number of rotatable bonds is 4. The van der Waals surface area contributed by atoms with Gasteiger partial charge in [-0.15, -0.1) is 0 Å². The first-order chi connectivity index (χ1) is 12.4. The minimum atomic E-state index is -1.04. The Balaban J connectivity index is 2.01. The van der Waals surface area contributed by atoms with Crippen LogP contribution in [0.1, 0.15) is 33.4 Å². The predicted molar refractivity (Wildman–Crippen MR) is 94.6 cm³/mol. The Morgan fingerprint density at radius 2 is 1.85 bits per heavy atom. The molecular weight excluding hydrogens is 334 g/mol. The van der Waals surface area contributed by atoms with Crippen molar-refractivity contribution >= 4 is 23.0 Å². The number of benzene rings is 1. The first-order valence-corrected chi connectivity index (χ1v) is 8.09. The van der Waals surface area contributed by atoms with Gasteiger partial charge in [-0.05, 0) is 19.9 Å². The van der Waals surface area contributed by atoms with E-state index in [2.05, 4.69) is 10.1 Å². The second kappa shape index (κ2) is 6.95. The van der Waals surface area contributed by atoms with Crippen molar-refractivity contribution in [2.45, 2.75) is 20.0 Å². The largest absolute Gasteiger partial charge is 0.444 e. The summed E-state index contributed by atoms with van der Waals surface area (Å²) in [5.41, 5.74) is 2.28. The van der Waals surface area contributed by atoms with Gasteiger partial charge in [-0.2, -0.15) is 0 Å². The lowest BCUT2D eigenvalue weighted by molar-refractivity contribution is -0.138. The molecule has 0 N–H and O–H groups in total. The van der Waals surface area contributed by atoms with E-state index in [0.717, 1.165) is 0 Å². The van der Waals surface area contributed by atoms with Crippen molar-refractivity contribution < 1.29 is 18.8 Å². The van der Waals surface area contributed by atoms with Crippen molar-refractivity contribution in [3.63, 3.8) is 0 Å². The number of fused-ring (bicyclic) bond motifs is 1. The first kappa shape index (κ1) is 17.6. The Hall–Kier alpha value is -3.22. The standard InChI is InChI=1S/C19H19N3O4/c1-11-10-14(15-12(2)21-26-17(15)20-11)19(24)25-16(18(23)22(3)4)13-8-6-5-7-9-13/h5-10,16H,1-4H3/t16-/m0/s1. The second-order valence-electron chi connectivity index (χ2n) is 6.19. The van der Waals surface area contributed by atoms with Gasteiger partial charge in [0.15, 0.2) is 0 Å². The van der Waals surface area contributed by atoms with Gasteiger partial charge in [0, 0.05) is 25.4 Å². The predicted octanol–water partition coefficient (Wildman–Crippen LogP) is 2.83. The van der Waals surface area contributed by atoms with E-state index in [1.807, 2.05) is 6.07 Å². The maximum atomic E-state index is 12.9. The number of nitrogens with zero attached hydrogens (tertiary/aromatic N) is 3. The van der Waals surface area contributed by atoms with Crippen molar-refractivity contribution in [2.24, 2.45) is 0 Å². The van der Waals surface area contributed by atoms with E-state index in [-0.39, 0.29) is 17.2 Å². The summed E-state index contributed by atoms with van der Waals surface area (Å²) in [7, 11) is 3.23. The van der Waals surface area contributed by atoms with Crippen molar-refractivity contribution in [3.05, 3.63) is 58.9 Å². The highest BCUT2D eigenvalue weighted by molar-refractivity contribution is 6.04. The Labute approximate surface area is 150 Å². The van der Waals surface area contributed by atoms with Gasteiger partial charge in [0.1, 0.15) is 0 Å². The average Bonchev–Trinajstić information content (AvgIpc) is 2.99. The lowest BCUT2D eigenvalue weighted by Crippen LogP contribution is -2.31. The summed E-state index contributed by atoms with van der Waals surface area (Å²) in [5.74, 6) is -0.954. The highest BCUT2D eigenvalue weighted by Gasteiger charge is 2.28. The topological polar surface area (TPSA) is 85.5 Å². The van der Waals surface area contributed by atoms with Crippen molar-refractivity contribution in [1.29, 1.82) is 0 Å². The van der Waals surface area contributed by atoms with E-state index in [1.165, 1.54) is 4.90 Å². The molecule has 0 saturated heterocycles. The van der Waals surface area contributed by atoms with Crippen LogP contribution in [0, 0.1) is 13.8 Å². The molecule has 0 fully saturated rings. The van der Waals surface area contributed by atoms with E-state index in [9.17, 15) is 9.59 Å². The Morgan fingerprint density at radius 3 is 2.50 bits per heavy atom. The van der Waals surface area contributed by atoms with Crippen LogP contribution < -0.4 is 0 Å². The van der Waals surface area contributed by atoms with E-state index < -0.39 is 12.1 Å². The first-order valence-electron chi connectivity index (χ1n) is 8.09. The number of hydrogen-bond donors (Lipinski definition) is 0. The molecule has 2 heterocycles. The van der Waals surface area contributed by atoms with Gasteiger partial charge in [-0.25, -0.2) is 9.78 Å². The van der Waals surface area contributed by atoms with E-state index in [4.69, 9.17) is 9.26 Å². The van der Waals surface area contributed by atoms with Crippen molar-refractivity contribution in [1.82, 2.24) is 15.0 Å². The summed E-state index contributed by atoms with van der Waals surface area (Å²) in [6, 6.07) is 10.5. The van der Waals surface area contributed by atoms with Crippen LogP contribution in [0.5, 0.6) is 0 Å². The number of likely N-dealkylation sites (N-methyl/N-ethyl adjacent to an activating group) is 1. The zero-order valence-corrected chi connectivity index (χ0v) is 15.0. The number of carbonyl (C=O) groups is 2. The van der Waals surface area contributed by atoms with Gasteiger partial charge in [-0.1, -0.05) is 35.5 Å².